The van der Waals surface area contributed by atoms with Gasteiger partial charge in [0.25, 0.3) is 5.91 Å². The monoisotopic (exact) mass is 317 g/mol. The highest BCUT2D eigenvalue weighted by Gasteiger charge is 2.24. The van der Waals surface area contributed by atoms with E-state index in [2.05, 4.69) is 20.0 Å². The Kier molecular flexibility index (Phi) is 4.24. The van der Waals surface area contributed by atoms with Gasteiger partial charge in [0, 0.05) is 51.1 Å². The largest absolute Gasteiger partial charge is 0.366 e. The van der Waals surface area contributed by atoms with E-state index in [1.165, 1.54) is 6.20 Å². The lowest BCUT2D eigenvalue weighted by Gasteiger charge is -2.33. The van der Waals surface area contributed by atoms with Crippen LogP contribution in [0, 0.1) is 13.8 Å². The molecule has 0 radical (unpaired) electrons. The number of carbonyl (C=O) groups is 1. The number of rotatable bonds is 3. The Morgan fingerprint density at radius 1 is 1.26 bits per heavy atom. The van der Waals surface area contributed by atoms with Gasteiger partial charge in [0.05, 0.1) is 6.54 Å². The number of piperazine rings is 1. The van der Waals surface area contributed by atoms with Crippen molar-refractivity contribution in [2.24, 2.45) is 0 Å². The quantitative estimate of drug-likeness (QED) is 0.876. The third-order valence-corrected chi connectivity index (χ3v) is 3.95. The van der Waals surface area contributed by atoms with Crippen molar-refractivity contribution in [3.63, 3.8) is 0 Å². The fourth-order valence-electron chi connectivity index (χ4n) is 2.64. The lowest BCUT2D eigenvalue weighted by molar-refractivity contribution is 0.0622. The van der Waals surface area contributed by atoms with Crippen molar-refractivity contribution in [1.29, 1.82) is 0 Å². The van der Waals surface area contributed by atoms with Gasteiger partial charge in [-0.2, -0.15) is 4.98 Å². The molecule has 1 aliphatic rings. The lowest BCUT2D eigenvalue weighted by atomic mass is 10.1. The number of hydrogen-bond acceptors (Lipinski definition) is 6. The molecule has 0 saturated carbocycles. The minimum atomic E-state index is -0.218. The van der Waals surface area contributed by atoms with Gasteiger partial charge in [-0.3, -0.25) is 14.5 Å². The summed E-state index contributed by atoms with van der Waals surface area (Å²) in [6, 6.07) is 0. The maximum absolute atomic E-state index is 12.5. The summed E-state index contributed by atoms with van der Waals surface area (Å²) in [5.41, 5.74) is 0.535. The standard InChI is InChI=1S/C15H19N5O3/c1-10-7-16-8-12(14(10)21)15(22)20-5-3-19(4-6-20)9-13-17-11(2)23-18-13/h7-8H,3-6,9H2,1-2H3,(H,16,21). The molecule has 23 heavy (non-hydrogen) atoms. The third-order valence-electron chi connectivity index (χ3n) is 3.95. The molecule has 0 atom stereocenters. The Morgan fingerprint density at radius 2 is 2.00 bits per heavy atom. The highest BCUT2D eigenvalue weighted by molar-refractivity contribution is 5.94. The predicted molar refractivity (Wildman–Crippen MR) is 82.0 cm³/mol. The zero-order chi connectivity index (χ0) is 16.4. The molecule has 1 fully saturated rings. The Hall–Kier alpha value is -2.48. The van der Waals surface area contributed by atoms with Gasteiger partial charge in [-0.05, 0) is 6.92 Å². The van der Waals surface area contributed by atoms with Gasteiger partial charge < -0.3 is 14.4 Å². The number of hydrogen-bond donors (Lipinski definition) is 1. The fourth-order valence-corrected chi connectivity index (χ4v) is 2.64. The van der Waals surface area contributed by atoms with Crippen molar-refractivity contribution >= 4 is 5.91 Å². The number of amides is 1. The smallest absolute Gasteiger partial charge is 0.259 e. The summed E-state index contributed by atoms with van der Waals surface area (Å²) in [5, 5.41) is 3.88. The van der Waals surface area contributed by atoms with E-state index in [1.807, 2.05) is 0 Å². The van der Waals surface area contributed by atoms with Crippen molar-refractivity contribution in [3.05, 3.63) is 45.5 Å². The van der Waals surface area contributed by atoms with E-state index >= 15 is 0 Å². The van der Waals surface area contributed by atoms with Gasteiger partial charge in [-0.15, -0.1) is 0 Å². The van der Waals surface area contributed by atoms with Gasteiger partial charge >= 0.3 is 0 Å². The van der Waals surface area contributed by atoms with Crippen LogP contribution >= 0.6 is 0 Å². The van der Waals surface area contributed by atoms with Crippen LogP contribution in [0.5, 0.6) is 0 Å². The summed E-state index contributed by atoms with van der Waals surface area (Å²) in [4.78, 5) is 35.4. The Balaban J connectivity index is 1.61. The first-order valence-corrected chi connectivity index (χ1v) is 7.53. The first-order chi connectivity index (χ1) is 11.0. The van der Waals surface area contributed by atoms with E-state index in [0.717, 1.165) is 0 Å². The van der Waals surface area contributed by atoms with Gasteiger partial charge in [0.2, 0.25) is 5.89 Å². The summed E-state index contributed by atoms with van der Waals surface area (Å²) in [6.45, 7) is 6.62. The van der Waals surface area contributed by atoms with Crippen LogP contribution in [0.25, 0.3) is 0 Å². The predicted octanol–water partition coefficient (Wildman–Crippen LogP) is 0.333. The number of pyridine rings is 1. The van der Waals surface area contributed by atoms with E-state index in [0.29, 0.717) is 50.0 Å². The van der Waals surface area contributed by atoms with E-state index in [4.69, 9.17) is 4.52 Å². The highest BCUT2D eigenvalue weighted by atomic mass is 16.5. The number of aryl methyl sites for hydroxylation is 2. The summed E-state index contributed by atoms with van der Waals surface area (Å²) in [5.74, 6) is 0.981. The summed E-state index contributed by atoms with van der Waals surface area (Å²) < 4.78 is 4.96. The molecule has 1 amide bonds. The molecular weight excluding hydrogens is 298 g/mol. The molecule has 3 heterocycles. The van der Waals surface area contributed by atoms with Crippen molar-refractivity contribution in [2.75, 3.05) is 26.2 Å². The van der Waals surface area contributed by atoms with Crippen LogP contribution in [-0.4, -0.2) is 57.0 Å². The number of aromatic amines is 1. The average Bonchev–Trinajstić information content (AvgIpc) is 2.95. The first kappa shape index (κ1) is 15.4. The lowest BCUT2D eigenvalue weighted by Crippen LogP contribution is -2.49. The summed E-state index contributed by atoms with van der Waals surface area (Å²) in [7, 11) is 0. The van der Waals surface area contributed by atoms with Crippen LogP contribution in [0.1, 0.15) is 27.6 Å². The Morgan fingerprint density at radius 3 is 2.65 bits per heavy atom. The van der Waals surface area contributed by atoms with Crippen molar-refractivity contribution < 1.29 is 9.32 Å². The van der Waals surface area contributed by atoms with Crippen LogP contribution in [0.2, 0.25) is 0 Å². The van der Waals surface area contributed by atoms with Crippen molar-refractivity contribution in [1.82, 2.24) is 24.9 Å². The second-order valence-electron chi connectivity index (χ2n) is 5.68. The maximum Gasteiger partial charge on any atom is 0.259 e. The molecule has 8 nitrogen and oxygen atoms in total. The molecule has 2 aromatic rings. The normalized spacial score (nSPS) is 15.8. The fraction of sp³-hybridized carbons (Fsp3) is 0.467. The van der Waals surface area contributed by atoms with Gasteiger partial charge in [0.1, 0.15) is 5.56 Å². The third kappa shape index (κ3) is 3.31. The molecule has 2 aromatic heterocycles. The molecule has 3 rings (SSSR count). The number of nitrogens with one attached hydrogen (secondary N) is 1. The average molecular weight is 317 g/mol. The van der Waals surface area contributed by atoms with Crippen LogP contribution in [0.15, 0.2) is 21.7 Å². The molecule has 0 spiro atoms. The molecule has 0 unspecified atom stereocenters. The number of H-pyrrole nitrogens is 1. The number of aromatic nitrogens is 3. The molecule has 0 aromatic carbocycles. The highest BCUT2D eigenvalue weighted by Crippen LogP contribution is 2.09. The second kappa shape index (κ2) is 6.33. The van der Waals surface area contributed by atoms with Gasteiger partial charge in [0.15, 0.2) is 11.3 Å². The minimum Gasteiger partial charge on any atom is -0.366 e. The number of nitrogens with zero attached hydrogens (tertiary/aromatic N) is 4. The van der Waals surface area contributed by atoms with Crippen molar-refractivity contribution in [2.45, 2.75) is 20.4 Å². The van der Waals surface area contributed by atoms with Crippen LogP contribution in [-0.2, 0) is 6.54 Å². The SMILES string of the molecule is Cc1nc(CN2CCN(C(=O)c3c[nH]cc(C)c3=O)CC2)no1. The van der Waals surface area contributed by atoms with Crippen LogP contribution in [0.3, 0.4) is 0 Å². The molecule has 0 aliphatic carbocycles. The molecule has 8 heteroatoms. The van der Waals surface area contributed by atoms with Crippen LogP contribution < -0.4 is 5.43 Å². The van der Waals surface area contributed by atoms with Gasteiger partial charge in [-0.1, -0.05) is 5.16 Å². The van der Waals surface area contributed by atoms with Gasteiger partial charge in [-0.25, -0.2) is 0 Å². The molecule has 122 valence electrons. The molecule has 1 saturated heterocycles. The second-order valence-corrected chi connectivity index (χ2v) is 5.68. The maximum atomic E-state index is 12.5. The first-order valence-electron chi connectivity index (χ1n) is 7.53. The topological polar surface area (TPSA) is 95.3 Å². The van der Waals surface area contributed by atoms with E-state index < -0.39 is 0 Å². The van der Waals surface area contributed by atoms with E-state index in [9.17, 15) is 9.59 Å². The number of carbonyl (C=O) groups excluding carboxylic acids is 1. The summed E-state index contributed by atoms with van der Waals surface area (Å²) in [6.07, 6.45) is 3.08. The Bertz CT molecular complexity index is 758. The molecule has 0 bridgehead atoms. The molecular formula is C15H19N5O3. The molecule has 1 N–H and O–H groups in total. The van der Waals surface area contributed by atoms with Crippen LogP contribution in [0.4, 0.5) is 0 Å². The zero-order valence-electron chi connectivity index (χ0n) is 13.2. The summed E-state index contributed by atoms with van der Waals surface area (Å²) >= 11 is 0. The Labute approximate surface area is 133 Å². The minimum absolute atomic E-state index is 0.201. The van der Waals surface area contributed by atoms with E-state index in [-0.39, 0.29) is 16.9 Å². The molecule has 1 aliphatic heterocycles. The zero-order valence-corrected chi connectivity index (χ0v) is 13.2. The van der Waals surface area contributed by atoms with E-state index in [1.54, 1.807) is 24.9 Å². The van der Waals surface area contributed by atoms with Crippen molar-refractivity contribution in [3.8, 4) is 0 Å².